The summed E-state index contributed by atoms with van der Waals surface area (Å²) in [6.07, 6.45) is 5.81. The van der Waals surface area contributed by atoms with Gasteiger partial charge in [0, 0.05) is 60.9 Å². The fourth-order valence-corrected chi connectivity index (χ4v) is 6.42. The molecule has 0 radical (unpaired) electrons. The largest absolute Gasteiger partial charge is 0.459 e. The monoisotopic (exact) mass is 572 g/mol. The van der Waals surface area contributed by atoms with E-state index >= 15 is 4.39 Å². The van der Waals surface area contributed by atoms with Crippen LogP contribution in [0.5, 0.6) is 0 Å². The maximum Gasteiger partial charge on any atom is 0.328 e. The van der Waals surface area contributed by atoms with E-state index < -0.39 is 35.6 Å². The molecule has 0 amide bonds. The van der Waals surface area contributed by atoms with Crippen LogP contribution in [0.3, 0.4) is 0 Å². The molecule has 2 aromatic rings. The highest BCUT2D eigenvalue weighted by molar-refractivity contribution is 5.78. The maximum atomic E-state index is 15.5. The second-order valence-electron chi connectivity index (χ2n) is 13.0. The third-order valence-electron chi connectivity index (χ3n) is 8.52. The number of fused-ring (bicyclic) bond motifs is 1. The molecule has 1 saturated heterocycles. The van der Waals surface area contributed by atoms with Gasteiger partial charge in [0.15, 0.2) is 0 Å². The van der Waals surface area contributed by atoms with Crippen LogP contribution in [0.25, 0.3) is 0 Å². The molecular weight excluding hydrogens is 529 g/mol. The summed E-state index contributed by atoms with van der Waals surface area (Å²) >= 11 is 0. The highest BCUT2D eigenvalue weighted by atomic mass is 19.3. The van der Waals surface area contributed by atoms with Gasteiger partial charge in [-0.3, -0.25) is 9.88 Å². The van der Waals surface area contributed by atoms with E-state index in [9.17, 15) is 13.6 Å². The number of esters is 1. The Morgan fingerprint density at radius 3 is 2.78 bits per heavy atom. The Morgan fingerprint density at radius 2 is 2.02 bits per heavy atom. The summed E-state index contributed by atoms with van der Waals surface area (Å²) in [4.78, 5) is 24.7. The number of rotatable bonds is 10. The van der Waals surface area contributed by atoms with E-state index in [1.54, 1.807) is 39.1 Å². The van der Waals surface area contributed by atoms with Crippen LogP contribution in [0, 0.1) is 5.92 Å². The maximum absolute atomic E-state index is 15.5. The van der Waals surface area contributed by atoms with Crippen molar-refractivity contribution in [3.8, 4) is 0 Å². The van der Waals surface area contributed by atoms with Crippen LogP contribution in [0.2, 0.25) is 0 Å². The summed E-state index contributed by atoms with van der Waals surface area (Å²) in [6.45, 7) is 7.32. The molecule has 1 saturated carbocycles. The van der Waals surface area contributed by atoms with Crippen LogP contribution in [0.4, 0.5) is 19.0 Å². The lowest BCUT2D eigenvalue weighted by Crippen LogP contribution is -2.40. The number of aromatic nitrogens is 2. The molecule has 4 heterocycles. The highest BCUT2D eigenvalue weighted by Crippen LogP contribution is 2.49. The molecule has 0 bridgehead atoms. The van der Waals surface area contributed by atoms with Crippen LogP contribution in [0.1, 0.15) is 100 Å². The van der Waals surface area contributed by atoms with Gasteiger partial charge in [-0.1, -0.05) is 18.6 Å². The Bertz CT molecular complexity index is 1210. The van der Waals surface area contributed by atoms with Gasteiger partial charge in [-0.2, -0.15) is 0 Å². The van der Waals surface area contributed by atoms with Gasteiger partial charge in [0.25, 0.3) is 0 Å². The van der Waals surface area contributed by atoms with E-state index in [2.05, 4.69) is 22.4 Å². The topological polar surface area (TPSA) is 67.3 Å². The lowest BCUT2D eigenvalue weighted by Gasteiger charge is -2.37. The van der Waals surface area contributed by atoms with Gasteiger partial charge in [-0.05, 0) is 83.5 Å². The summed E-state index contributed by atoms with van der Waals surface area (Å²) in [7, 11) is 0. The molecule has 1 N–H and O–H groups in total. The van der Waals surface area contributed by atoms with E-state index in [1.807, 2.05) is 4.90 Å². The Labute approximate surface area is 241 Å². The number of nitrogens with zero attached hydrogens (tertiary/aromatic N) is 3. The number of hydrogen-bond donors (Lipinski definition) is 1. The van der Waals surface area contributed by atoms with Crippen molar-refractivity contribution in [3.05, 3.63) is 53.0 Å². The van der Waals surface area contributed by atoms with Crippen molar-refractivity contribution >= 4 is 11.8 Å². The first-order valence-electron chi connectivity index (χ1n) is 15.2. The van der Waals surface area contributed by atoms with Crippen molar-refractivity contribution in [3.63, 3.8) is 0 Å². The zero-order chi connectivity index (χ0) is 29.2. The lowest BCUT2D eigenvalue weighted by molar-refractivity contribution is -0.161. The molecule has 3 aliphatic rings. The molecule has 3 atom stereocenters. The molecule has 2 fully saturated rings. The van der Waals surface area contributed by atoms with Crippen molar-refractivity contribution < 1.29 is 22.7 Å². The summed E-state index contributed by atoms with van der Waals surface area (Å²) in [5.41, 5.74) is 2.72. The molecule has 224 valence electrons. The Morgan fingerprint density at radius 1 is 1.22 bits per heavy atom. The number of alkyl halides is 3. The fourth-order valence-electron chi connectivity index (χ4n) is 6.42. The number of unbranched alkanes of at least 4 members (excludes halogenated alkanes) is 1. The minimum atomic E-state index is -2.70. The number of halogens is 3. The standard InChI is InChI=1S/C32H43F3N4O2/c1-31(2,3)41-30(40)28(25-10-7-15-36-27(25)23-18-32(34,35)19-23)39-17-14-22(20-39)26(33)11-5-4-9-24-13-12-21-8-6-16-37-29(21)38-24/h7,10,12-13,15,22-23,26,28H,4-6,8-9,11,14,16-20H2,1-3H3,(H,37,38). The molecule has 2 aliphatic heterocycles. The summed E-state index contributed by atoms with van der Waals surface area (Å²) in [5, 5.41) is 3.37. The van der Waals surface area contributed by atoms with Gasteiger partial charge in [0.1, 0.15) is 23.6 Å². The van der Waals surface area contributed by atoms with Crippen molar-refractivity contribution in [1.29, 1.82) is 0 Å². The predicted molar refractivity (Wildman–Crippen MR) is 153 cm³/mol. The molecule has 1 aliphatic carbocycles. The Hall–Kier alpha value is -2.68. The smallest absolute Gasteiger partial charge is 0.328 e. The minimum Gasteiger partial charge on any atom is -0.459 e. The van der Waals surface area contributed by atoms with Crippen molar-refractivity contribution in [1.82, 2.24) is 14.9 Å². The molecule has 2 aromatic heterocycles. The zero-order valence-electron chi connectivity index (χ0n) is 24.5. The third-order valence-corrected chi connectivity index (χ3v) is 8.52. The molecule has 0 aromatic carbocycles. The summed E-state index contributed by atoms with van der Waals surface area (Å²) in [6, 6.07) is 6.96. The molecule has 41 heavy (non-hydrogen) atoms. The van der Waals surface area contributed by atoms with Gasteiger partial charge in [0.05, 0.1) is 0 Å². The van der Waals surface area contributed by atoms with Gasteiger partial charge in [-0.25, -0.2) is 22.9 Å². The number of carbonyl (C=O) groups excluding carboxylic acids is 1. The summed E-state index contributed by atoms with van der Waals surface area (Å²) in [5.74, 6) is -2.75. The number of pyridine rings is 2. The first-order valence-corrected chi connectivity index (χ1v) is 15.2. The number of hydrogen-bond acceptors (Lipinski definition) is 6. The number of ether oxygens (including phenoxy) is 1. The lowest BCUT2D eigenvalue weighted by atomic mass is 9.76. The van der Waals surface area contributed by atoms with Gasteiger partial charge in [-0.15, -0.1) is 0 Å². The average molecular weight is 573 g/mol. The molecule has 5 rings (SSSR count). The summed E-state index contributed by atoms with van der Waals surface area (Å²) < 4.78 is 48.7. The number of aryl methyl sites for hydroxylation is 2. The van der Waals surface area contributed by atoms with Crippen LogP contribution < -0.4 is 5.32 Å². The van der Waals surface area contributed by atoms with Gasteiger partial charge in [0.2, 0.25) is 5.92 Å². The normalized spacial score (nSPS) is 22.3. The number of anilines is 1. The first-order chi connectivity index (χ1) is 19.5. The first kappa shape index (κ1) is 29.8. The van der Waals surface area contributed by atoms with Crippen molar-refractivity contribution in [2.24, 2.45) is 5.92 Å². The number of carbonyl (C=O) groups is 1. The van der Waals surface area contributed by atoms with Crippen molar-refractivity contribution in [2.45, 2.75) is 108 Å². The second-order valence-corrected chi connectivity index (χ2v) is 13.0. The quantitative estimate of drug-likeness (QED) is 0.249. The zero-order valence-corrected chi connectivity index (χ0v) is 24.5. The van der Waals surface area contributed by atoms with Crippen LogP contribution in [0.15, 0.2) is 30.5 Å². The highest BCUT2D eigenvalue weighted by Gasteiger charge is 2.49. The predicted octanol–water partition coefficient (Wildman–Crippen LogP) is 6.80. The van der Waals surface area contributed by atoms with Crippen LogP contribution in [-0.2, 0) is 22.4 Å². The molecular formula is C32H43F3N4O2. The molecule has 3 unspecified atom stereocenters. The second kappa shape index (κ2) is 12.3. The number of likely N-dealkylation sites (tertiary alicyclic amines) is 1. The third kappa shape index (κ3) is 7.40. The SMILES string of the molecule is CC(C)(C)OC(=O)C(c1cccnc1C1CC(F)(F)C1)N1CCC(C(F)CCCCc2ccc3c(n2)NCCC3)C1. The fraction of sp³-hybridized carbons (Fsp3) is 0.656. The Balaban J connectivity index is 1.20. The van der Waals surface area contributed by atoms with Crippen LogP contribution in [-0.4, -0.2) is 58.2 Å². The van der Waals surface area contributed by atoms with E-state index in [0.717, 1.165) is 50.2 Å². The van der Waals surface area contributed by atoms with Crippen molar-refractivity contribution in [2.75, 3.05) is 25.0 Å². The average Bonchev–Trinajstić information content (AvgIpc) is 3.39. The minimum absolute atomic E-state index is 0.195. The van der Waals surface area contributed by atoms with E-state index in [1.165, 1.54) is 5.56 Å². The van der Waals surface area contributed by atoms with E-state index in [4.69, 9.17) is 9.72 Å². The van der Waals surface area contributed by atoms with E-state index in [-0.39, 0.29) is 18.8 Å². The van der Waals surface area contributed by atoms with Gasteiger partial charge >= 0.3 is 5.97 Å². The number of nitrogens with one attached hydrogen (secondary N) is 1. The van der Waals surface area contributed by atoms with E-state index in [0.29, 0.717) is 37.2 Å². The Kier molecular flexibility index (Phi) is 8.92. The van der Waals surface area contributed by atoms with Gasteiger partial charge < -0.3 is 10.1 Å². The molecule has 6 nitrogen and oxygen atoms in total. The molecule has 9 heteroatoms. The van der Waals surface area contributed by atoms with Crippen LogP contribution >= 0.6 is 0 Å². The molecule has 0 spiro atoms.